The fraction of sp³-hybridized carbons (Fsp3) is 0.543. The van der Waals surface area contributed by atoms with E-state index in [2.05, 4.69) is 10.6 Å². The molecule has 0 spiro atoms. The second kappa shape index (κ2) is 13.5. The Hall–Kier alpha value is -4.08. The Morgan fingerprint density at radius 3 is 1.56 bits per heavy atom. The van der Waals surface area contributed by atoms with Crippen LogP contribution in [0.15, 0.2) is 60.7 Å². The van der Waals surface area contributed by atoms with E-state index in [-0.39, 0.29) is 24.7 Å². The molecule has 4 bridgehead atoms. The van der Waals surface area contributed by atoms with Gasteiger partial charge < -0.3 is 30.0 Å². The molecule has 0 radical (unpaired) electrons. The van der Waals surface area contributed by atoms with Crippen molar-refractivity contribution in [3.63, 3.8) is 0 Å². The molecular formula is C35H44N2O8. The molecule has 10 nitrogen and oxygen atoms in total. The van der Waals surface area contributed by atoms with Gasteiger partial charge >= 0.3 is 24.1 Å². The highest BCUT2D eigenvalue weighted by molar-refractivity contribution is 5.78. The molecule has 4 saturated carbocycles. The summed E-state index contributed by atoms with van der Waals surface area (Å²) in [6.07, 6.45) is 8.33. The number of rotatable bonds is 8. The van der Waals surface area contributed by atoms with Crippen LogP contribution in [-0.2, 0) is 37.0 Å². The van der Waals surface area contributed by atoms with Gasteiger partial charge in [0.2, 0.25) is 0 Å². The number of hydrogen-bond donors (Lipinski definition) is 3. The topological polar surface area (TPSA) is 140 Å². The molecule has 0 saturated heterocycles. The zero-order chi connectivity index (χ0) is 32.0. The average Bonchev–Trinajstić information content (AvgIpc) is 3.48. The summed E-state index contributed by atoms with van der Waals surface area (Å²) in [5.74, 6) is -0.868. The van der Waals surface area contributed by atoms with Crippen LogP contribution in [0.4, 0.5) is 9.59 Å². The number of amides is 2. The number of alkyl carbamates (subject to hydrolysis) is 2. The third-order valence-corrected chi connectivity index (χ3v) is 10.4. The standard InChI is InChI=1S/C18H23NO4.C17H21NO4/c1-22-15(20)17-8-5-9-18(13-17,11-10-17)19-16(21)23-12-14-6-3-2-4-7-14;19-14(20)16-7-4-8-17(12-16,10-9-16)18-15(21)22-11-13-5-2-1-3-6-13/h2-4,6-7H,5,8-13H2,1H3,(H,19,21);1-3,5-6H,4,7-12H2,(H,18,21)(H,19,20). The van der Waals surface area contributed by atoms with E-state index in [0.29, 0.717) is 25.7 Å². The highest BCUT2D eigenvalue weighted by atomic mass is 16.6. The Morgan fingerprint density at radius 1 is 0.644 bits per heavy atom. The second-order valence-electron chi connectivity index (χ2n) is 13.4. The van der Waals surface area contributed by atoms with E-state index in [1.165, 1.54) is 7.11 Å². The lowest BCUT2D eigenvalue weighted by atomic mass is 9.73. The first-order valence-corrected chi connectivity index (χ1v) is 15.9. The summed E-state index contributed by atoms with van der Waals surface area (Å²) in [6.45, 7) is 0.484. The van der Waals surface area contributed by atoms with E-state index in [9.17, 15) is 24.3 Å². The SMILES string of the molecule is COC(=O)C12CCCC(NC(=O)OCc3ccccc3)(CC1)C2.O=C(NC12CCCC(C(=O)O)(CC1)C2)OCc1ccccc1. The molecule has 0 aromatic heterocycles. The highest BCUT2D eigenvalue weighted by Crippen LogP contribution is 2.55. The van der Waals surface area contributed by atoms with Crippen LogP contribution < -0.4 is 10.6 Å². The van der Waals surface area contributed by atoms with Crippen molar-refractivity contribution in [3.8, 4) is 0 Å². The smallest absolute Gasteiger partial charge is 0.407 e. The molecule has 4 fully saturated rings. The molecule has 45 heavy (non-hydrogen) atoms. The zero-order valence-electron chi connectivity index (χ0n) is 26.0. The number of aliphatic carboxylic acids is 1. The summed E-state index contributed by atoms with van der Waals surface area (Å²) in [7, 11) is 1.44. The van der Waals surface area contributed by atoms with Crippen molar-refractivity contribution in [1.82, 2.24) is 10.6 Å². The largest absolute Gasteiger partial charge is 0.481 e. The van der Waals surface area contributed by atoms with E-state index >= 15 is 0 Å². The van der Waals surface area contributed by atoms with Crippen molar-refractivity contribution in [2.24, 2.45) is 10.8 Å². The van der Waals surface area contributed by atoms with Crippen LogP contribution in [0.5, 0.6) is 0 Å². The quantitative estimate of drug-likeness (QED) is 0.232. The minimum atomic E-state index is -0.728. The van der Waals surface area contributed by atoms with Gasteiger partial charge in [-0.1, -0.05) is 60.7 Å². The predicted octanol–water partition coefficient (Wildman–Crippen LogP) is 6.27. The van der Waals surface area contributed by atoms with Gasteiger partial charge in [0, 0.05) is 11.1 Å². The Morgan fingerprint density at radius 2 is 1.09 bits per heavy atom. The summed E-state index contributed by atoms with van der Waals surface area (Å²) >= 11 is 0. The predicted molar refractivity (Wildman–Crippen MR) is 165 cm³/mol. The second-order valence-corrected chi connectivity index (χ2v) is 13.4. The fourth-order valence-electron chi connectivity index (χ4n) is 8.06. The lowest BCUT2D eigenvalue weighted by Gasteiger charge is -2.38. The van der Waals surface area contributed by atoms with E-state index in [0.717, 1.165) is 62.5 Å². The Bertz CT molecular complexity index is 1370. The van der Waals surface area contributed by atoms with E-state index in [1.54, 1.807) is 0 Å². The Balaban J connectivity index is 0.000000178. The summed E-state index contributed by atoms with van der Waals surface area (Å²) < 4.78 is 15.6. The van der Waals surface area contributed by atoms with Crippen molar-refractivity contribution in [1.29, 1.82) is 0 Å². The van der Waals surface area contributed by atoms with Crippen LogP contribution in [0.2, 0.25) is 0 Å². The van der Waals surface area contributed by atoms with Crippen molar-refractivity contribution < 1.29 is 38.5 Å². The van der Waals surface area contributed by atoms with Crippen molar-refractivity contribution in [3.05, 3.63) is 71.8 Å². The molecule has 0 aliphatic heterocycles. The molecular weight excluding hydrogens is 576 g/mol. The summed E-state index contributed by atoms with van der Waals surface area (Å²) in [4.78, 5) is 47.9. The number of methoxy groups -OCH3 is 1. The summed E-state index contributed by atoms with van der Waals surface area (Å²) in [5, 5.41) is 15.4. The normalized spacial score (nSPS) is 29.4. The Kier molecular flexibility index (Phi) is 9.70. The van der Waals surface area contributed by atoms with Crippen LogP contribution in [-0.4, -0.2) is 47.4 Å². The van der Waals surface area contributed by atoms with E-state index in [4.69, 9.17) is 14.2 Å². The number of esters is 1. The maximum absolute atomic E-state index is 12.2. The fourth-order valence-corrected chi connectivity index (χ4v) is 8.06. The molecule has 4 atom stereocenters. The summed E-state index contributed by atoms with van der Waals surface area (Å²) in [6, 6.07) is 19.1. The van der Waals surface area contributed by atoms with Gasteiger partial charge in [-0.25, -0.2) is 9.59 Å². The van der Waals surface area contributed by atoms with Crippen LogP contribution >= 0.6 is 0 Å². The number of benzene rings is 2. The number of nitrogens with one attached hydrogen (secondary N) is 2. The molecule has 2 amide bonds. The maximum Gasteiger partial charge on any atom is 0.407 e. The molecule has 10 heteroatoms. The van der Waals surface area contributed by atoms with Crippen LogP contribution in [0.3, 0.4) is 0 Å². The molecule has 242 valence electrons. The minimum Gasteiger partial charge on any atom is -0.481 e. The van der Waals surface area contributed by atoms with Gasteiger partial charge in [0.05, 0.1) is 17.9 Å². The van der Waals surface area contributed by atoms with Gasteiger partial charge in [-0.3, -0.25) is 9.59 Å². The molecule has 4 unspecified atom stereocenters. The molecule has 6 rings (SSSR count). The summed E-state index contributed by atoms with van der Waals surface area (Å²) in [5.41, 5.74) is 0.110. The zero-order valence-corrected chi connectivity index (χ0v) is 26.0. The van der Waals surface area contributed by atoms with E-state index < -0.39 is 34.5 Å². The van der Waals surface area contributed by atoms with Crippen LogP contribution in [0, 0.1) is 10.8 Å². The lowest BCUT2D eigenvalue weighted by molar-refractivity contribution is -0.154. The molecule has 3 N–H and O–H groups in total. The van der Waals surface area contributed by atoms with E-state index in [1.807, 2.05) is 60.7 Å². The number of carboxylic acids is 1. The van der Waals surface area contributed by atoms with Gasteiger partial charge in [0.1, 0.15) is 13.2 Å². The first kappa shape index (κ1) is 32.3. The monoisotopic (exact) mass is 620 g/mol. The molecule has 2 aromatic rings. The van der Waals surface area contributed by atoms with Crippen molar-refractivity contribution in [2.75, 3.05) is 7.11 Å². The van der Waals surface area contributed by atoms with Crippen LogP contribution in [0.25, 0.3) is 0 Å². The molecule has 0 heterocycles. The number of carboxylic acid groups (broad SMARTS) is 1. The minimum absolute atomic E-state index is 0.140. The third kappa shape index (κ3) is 7.43. The molecule has 4 aliphatic carbocycles. The number of carbonyl (C=O) groups is 4. The van der Waals surface area contributed by atoms with Gasteiger partial charge in [-0.05, 0) is 88.2 Å². The first-order valence-electron chi connectivity index (χ1n) is 15.9. The lowest BCUT2D eigenvalue weighted by Crippen LogP contribution is -2.50. The molecule has 4 aliphatic rings. The van der Waals surface area contributed by atoms with Crippen molar-refractivity contribution in [2.45, 2.75) is 101 Å². The maximum atomic E-state index is 12.2. The van der Waals surface area contributed by atoms with Crippen LogP contribution in [0.1, 0.15) is 88.2 Å². The number of hydrogen-bond acceptors (Lipinski definition) is 7. The molecule has 2 aromatic carbocycles. The van der Waals surface area contributed by atoms with Gasteiger partial charge in [0.25, 0.3) is 0 Å². The number of ether oxygens (including phenoxy) is 3. The van der Waals surface area contributed by atoms with Crippen molar-refractivity contribution >= 4 is 24.1 Å². The van der Waals surface area contributed by atoms with Gasteiger partial charge in [0.15, 0.2) is 0 Å². The van der Waals surface area contributed by atoms with Gasteiger partial charge in [-0.15, -0.1) is 0 Å². The average molecular weight is 621 g/mol. The number of fused-ring (bicyclic) bond motifs is 4. The Labute approximate surface area is 264 Å². The first-order chi connectivity index (χ1) is 21.6. The highest BCUT2D eigenvalue weighted by Gasteiger charge is 2.57. The third-order valence-electron chi connectivity index (χ3n) is 10.4. The number of carbonyl (C=O) groups excluding carboxylic acids is 3. The van der Waals surface area contributed by atoms with Gasteiger partial charge in [-0.2, -0.15) is 0 Å².